The van der Waals surface area contributed by atoms with Crippen molar-refractivity contribution in [1.82, 2.24) is 15.2 Å². The maximum absolute atomic E-state index is 4.00. The van der Waals surface area contributed by atoms with Gasteiger partial charge in [0.05, 0.1) is 0 Å². The zero-order valence-electron chi connectivity index (χ0n) is 16.3. The summed E-state index contributed by atoms with van der Waals surface area (Å²) in [6, 6.07) is 18.6. The Balaban J connectivity index is 1.24. The lowest BCUT2D eigenvalue weighted by Crippen LogP contribution is -2.44. The van der Waals surface area contributed by atoms with E-state index in [1.807, 2.05) is 0 Å². The third-order valence-corrected chi connectivity index (χ3v) is 6.94. The second-order valence-electron chi connectivity index (χ2n) is 8.35. The van der Waals surface area contributed by atoms with E-state index in [9.17, 15) is 0 Å². The maximum Gasteiger partial charge on any atom is 0.0478 e. The van der Waals surface area contributed by atoms with Crippen LogP contribution in [0.1, 0.15) is 48.5 Å². The van der Waals surface area contributed by atoms with E-state index in [1.54, 1.807) is 0 Å². The van der Waals surface area contributed by atoms with Crippen LogP contribution in [0.3, 0.4) is 0 Å². The van der Waals surface area contributed by atoms with Crippen molar-refractivity contribution in [2.45, 2.75) is 50.7 Å². The van der Waals surface area contributed by atoms with Crippen LogP contribution in [0.2, 0.25) is 0 Å². The quantitative estimate of drug-likeness (QED) is 0.559. The second-order valence-corrected chi connectivity index (χ2v) is 9.27. The Morgan fingerprint density at radius 2 is 1.86 bits per heavy atom. The van der Waals surface area contributed by atoms with Crippen molar-refractivity contribution in [1.29, 1.82) is 0 Å². The number of nitrogens with zero attached hydrogens (tertiary/aromatic N) is 1. The molecule has 5 rings (SSSR count). The molecule has 0 spiro atoms. The molecule has 2 heterocycles. The average Bonchev–Trinajstić information content (AvgIpc) is 3.09. The first-order chi connectivity index (χ1) is 13.8. The van der Waals surface area contributed by atoms with Gasteiger partial charge in [-0.2, -0.15) is 0 Å². The Kier molecular flexibility index (Phi) is 5.27. The van der Waals surface area contributed by atoms with Gasteiger partial charge in [0.25, 0.3) is 0 Å². The normalized spacial score (nSPS) is 21.1. The average molecular weight is 438 g/mol. The minimum Gasteiger partial charge on any atom is -0.357 e. The molecule has 2 aromatic carbocycles. The summed E-state index contributed by atoms with van der Waals surface area (Å²) in [6.45, 7) is 3.45. The molecule has 0 bridgehead atoms. The fraction of sp³-hybridized carbons (Fsp3) is 0.417. The minimum absolute atomic E-state index is 0.473. The van der Waals surface area contributed by atoms with Crippen LogP contribution in [0, 0.1) is 0 Å². The first-order valence-corrected chi connectivity index (χ1v) is 11.4. The molecule has 1 aliphatic heterocycles. The molecule has 1 saturated heterocycles. The SMILES string of the molecule is Brc1ccc2[nH]c3c(c2c1)CCCC3NC1CCN(Cc2ccccc2)CC1. The number of nitrogens with one attached hydrogen (secondary N) is 2. The van der Waals surface area contributed by atoms with E-state index in [0.717, 1.165) is 6.54 Å². The molecule has 3 aromatic rings. The van der Waals surface area contributed by atoms with Gasteiger partial charge in [-0.1, -0.05) is 46.3 Å². The standard InChI is InChI=1S/C24H28BrN3/c25-18-9-10-22-21(15-18)20-7-4-8-23(24(20)27-22)26-19-11-13-28(14-12-19)16-17-5-2-1-3-6-17/h1-3,5-6,9-10,15,19,23,26-27H,4,7-8,11-14,16H2. The van der Waals surface area contributed by atoms with E-state index in [1.165, 1.54) is 77.4 Å². The van der Waals surface area contributed by atoms with Crippen molar-refractivity contribution in [3.63, 3.8) is 0 Å². The summed E-state index contributed by atoms with van der Waals surface area (Å²) in [5, 5.41) is 5.40. The topological polar surface area (TPSA) is 31.1 Å². The molecule has 0 saturated carbocycles. The number of piperidine rings is 1. The molecule has 146 valence electrons. The zero-order valence-corrected chi connectivity index (χ0v) is 17.8. The molecule has 1 aromatic heterocycles. The molecule has 2 aliphatic rings. The Labute approximate surface area is 175 Å². The number of aromatic nitrogens is 1. The van der Waals surface area contributed by atoms with Gasteiger partial charge in [-0.15, -0.1) is 0 Å². The smallest absolute Gasteiger partial charge is 0.0478 e. The summed E-state index contributed by atoms with van der Waals surface area (Å²) in [6.07, 6.45) is 6.19. The molecule has 0 radical (unpaired) electrons. The van der Waals surface area contributed by atoms with Crippen LogP contribution in [0.5, 0.6) is 0 Å². The number of aromatic amines is 1. The highest BCUT2D eigenvalue weighted by molar-refractivity contribution is 9.10. The van der Waals surface area contributed by atoms with Gasteiger partial charge >= 0.3 is 0 Å². The van der Waals surface area contributed by atoms with Gasteiger partial charge in [0.1, 0.15) is 0 Å². The molecule has 1 atom stereocenters. The van der Waals surface area contributed by atoms with Crippen molar-refractivity contribution in [3.8, 4) is 0 Å². The number of halogens is 1. The Morgan fingerprint density at radius 3 is 2.68 bits per heavy atom. The lowest BCUT2D eigenvalue weighted by molar-refractivity contribution is 0.181. The number of likely N-dealkylation sites (tertiary alicyclic amines) is 1. The van der Waals surface area contributed by atoms with Crippen molar-refractivity contribution >= 4 is 26.8 Å². The summed E-state index contributed by atoms with van der Waals surface area (Å²) in [5.74, 6) is 0. The minimum atomic E-state index is 0.473. The molecule has 1 unspecified atom stereocenters. The summed E-state index contributed by atoms with van der Waals surface area (Å²) in [7, 11) is 0. The molecule has 3 nitrogen and oxygen atoms in total. The van der Waals surface area contributed by atoms with Crippen LogP contribution in [0.25, 0.3) is 10.9 Å². The molecule has 1 aliphatic carbocycles. The number of hydrogen-bond donors (Lipinski definition) is 2. The molecule has 0 amide bonds. The van der Waals surface area contributed by atoms with Crippen molar-refractivity contribution in [2.75, 3.05) is 13.1 Å². The number of fused-ring (bicyclic) bond motifs is 3. The van der Waals surface area contributed by atoms with Crippen molar-refractivity contribution in [3.05, 3.63) is 69.8 Å². The summed E-state index contributed by atoms with van der Waals surface area (Å²) in [4.78, 5) is 6.33. The van der Waals surface area contributed by atoms with Crippen LogP contribution in [0.15, 0.2) is 53.0 Å². The fourth-order valence-electron chi connectivity index (χ4n) is 4.99. The van der Waals surface area contributed by atoms with Gasteiger partial charge in [0, 0.05) is 39.7 Å². The largest absolute Gasteiger partial charge is 0.357 e. The molecule has 1 fully saturated rings. The first-order valence-electron chi connectivity index (χ1n) is 10.6. The predicted molar refractivity (Wildman–Crippen MR) is 120 cm³/mol. The van der Waals surface area contributed by atoms with Crippen LogP contribution in [0.4, 0.5) is 0 Å². The lowest BCUT2D eigenvalue weighted by atomic mass is 9.90. The molecular formula is C24H28BrN3. The number of aryl methyl sites for hydroxylation is 1. The molecule has 28 heavy (non-hydrogen) atoms. The third-order valence-electron chi connectivity index (χ3n) is 6.44. The van der Waals surface area contributed by atoms with E-state index in [2.05, 4.69) is 79.7 Å². The molecule has 2 N–H and O–H groups in total. The van der Waals surface area contributed by atoms with Crippen LogP contribution >= 0.6 is 15.9 Å². The van der Waals surface area contributed by atoms with Gasteiger partial charge in [-0.25, -0.2) is 0 Å². The third kappa shape index (κ3) is 3.78. The molecular weight excluding hydrogens is 410 g/mol. The van der Waals surface area contributed by atoms with E-state index in [4.69, 9.17) is 0 Å². The van der Waals surface area contributed by atoms with E-state index < -0.39 is 0 Å². The Bertz CT molecular complexity index is 941. The van der Waals surface area contributed by atoms with Gasteiger partial charge in [-0.05, 0) is 74.5 Å². The van der Waals surface area contributed by atoms with Crippen LogP contribution in [-0.4, -0.2) is 29.0 Å². The lowest BCUT2D eigenvalue weighted by Gasteiger charge is -2.35. The van der Waals surface area contributed by atoms with Crippen LogP contribution in [-0.2, 0) is 13.0 Å². The van der Waals surface area contributed by atoms with E-state index in [-0.39, 0.29) is 0 Å². The van der Waals surface area contributed by atoms with Gasteiger partial charge in [0.15, 0.2) is 0 Å². The van der Waals surface area contributed by atoms with Crippen LogP contribution < -0.4 is 5.32 Å². The summed E-state index contributed by atoms with van der Waals surface area (Å²) >= 11 is 3.63. The van der Waals surface area contributed by atoms with E-state index >= 15 is 0 Å². The molecule has 4 heteroatoms. The summed E-state index contributed by atoms with van der Waals surface area (Å²) in [5.41, 5.74) is 5.67. The first kappa shape index (κ1) is 18.4. The van der Waals surface area contributed by atoms with Crippen molar-refractivity contribution in [2.24, 2.45) is 0 Å². The van der Waals surface area contributed by atoms with Crippen molar-refractivity contribution < 1.29 is 0 Å². The fourth-order valence-corrected chi connectivity index (χ4v) is 5.35. The van der Waals surface area contributed by atoms with Gasteiger partial charge < -0.3 is 10.3 Å². The van der Waals surface area contributed by atoms with E-state index in [0.29, 0.717) is 12.1 Å². The Hall–Kier alpha value is -1.62. The highest BCUT2D eigenvalue weighted by Crippen LogP contribution is 2.36. The number of rotatable bonds is 4. The predicted octanol–water partition coefficient (Wildman–Crippen LogP) is 5.56. The monoisotopic (exact) mass is 437 g/mol. The number of hydrogen-bond acceptors (Lipinski definition) is 2. The van der Waals surface area contributed by atoms with Gasteiger partial charge in [0.2, 0.25) is 0 Å². The zero-order chi connectivity index (χ0) is 18.9. The highest BCUT2D eigenvalue weighted by Gasteiger charge is 2.28. The summed E-state index contributed by atoms with van der Waals surface area (Å²) < 4.78 is 1.17. The number of H-pyrrole nitrogens is 1. The number of benzene rings is 2. The highest BCUT2D eigenvalue weighted by atomic mass is 79.9. The van der Waals surface area contributed by atoms with Gasteiger partial charge in [-0.3, -0.25) is 4.90 Å². The Morgan fingerprint density at radius 1 is 1.04 bits per heavy atom. The second kappa shape index (κ2) is 8.02. The maximum atomic E-state index is 4.00.